The van der Waals surface area contributed by atoms with Gasteiger partial charge in [0.15, 0.2) is 0 Å². The van der Waals surface area contributed by atoms with Crippen molar-refractivity contribution in [3.8, 4) is 0 Å². The Morgan fingerprint density at radius 3 is 2.67 bits per heavy atom. The smallest absolute Gasteiger partial charge is 0.141 e. The van der Waals surface area contributed by atoms with Crippen molar-refractivity contribution in [1.29, 1.82) is 0 Å². The molecule has 0 radical (unpaired) electrons. The highest BCUT2D eigenvalue weighted by Gasteiger charge is 2.02. The first-order chi connectivity index (χ1) is 8.56. The number of halogens is 2. The lowest BCUT2D eigenvalue weighted by Crippen LogP contribution is -2.02. The van der Waals surface area contributed by atoms with Crippen molar-refractivity contribution < 1.29 is 4.39 Å². The van der Waals surface area contributed by atoms with E-state index in [0.29, 0.717) is 12.2 Å². The summed E-state index contributed by atoms with van der Waals surface area (Å²) in [5, 5.41) is 3.33. The molecule has 4 heteroatoms. The maximum atomic E-state index is 13.0. The van der Waals surface area contributed by atoms with Gasteiger partial charge in [-0.1, -0.05) is 23.7 Å². The van der Waals surface area contributed by atoms with Crippen LogP contribution in [0.2, 0.25) is 5.02 Å². The van der Waals surface area contributed by atoms with Crippen LogP contribution in [0, 0.1) is 12.7 Å². The summed E-state index contributed by atoms with van der Waals surface area (Å²) in [7, 11) is 0. The molecule has 0 bridgehead atoms. The molecule has 0 saturated heterocycles. The highest BCUT2D eigenvalue weighted by atomic mass is 35.5. The van der Waals surface area contributed by atoms with E-state index in [4.69, 9.17) is 17.3 Å². The van der Waals surface area contributed by atoms with Crippen LogP contribution in [0.3, 0.4) is 0 Å². The third kappa shape index (κ3) is 2.93. The lowest BCUT2D eigenvalue weighted by molar-refractivity contribution is 0.627. The third-order valence-electron chi connectivity index (χ3n) is 2.67. The summed E-state index contributed by atoms with van der Waals surface area (Å²) in [4.78, 5) is 0. The van der Waals surface area contributed by atoms with Crippen LogP contribution in [-0.2, 0) is 6.54 Å². The summed E-state index contributed by atoms with van der Waals surface area (Å²) in [5.41, 5.74) is 9.47. The highest BCUT2D eigenvalue weighted by molar-refractivity contribution is 6.30. The van der Waals surface area contributed by atoms with Gasteiger partial charge in [0.1, 0.15) is 5.82 Å². The normalized spacial score (nSPS) is 10.4. The number of hydrogen-bond donors (Lipinski definition) is 2. The van der Waals surface area contributed by atoms with Crippen LogP contribution in [0.25, 0.3) is 0 Å². The summed E-state index contributed by atoms with van der Waals surface area (Å²) < 4.78 is 13.0. The Bertz CT molecular complexity index is 570. The summed E-state index contributed by atoms with van der Waals surface area (Å²) in [6, 6.07) is 10.5. The number of hydrogen-bond acceptors (Lipinski definition) is 2. The topological polar surface area (TPSA) is 38.0 Å². The Morgan fingerprint density at radius 1 is 1.22 bits per heavy atom. The molecule has 0 aromatic heterocycles. The maximum absolute atomic E-state index is 13.0. The van der Waals surface area contributed by atoms with Gasteiger partial charge in [0.05, 0.1) is 16.4 Å². The van der Waals surface area contributed by atoms with Crippen LogP contribution < -0.4 is 11.1 Å². The number of benzene rings is 2. The molecule has 0 amide bonds. The number of nitrogens with two attached hydrogens (primary N) is 1. The van der Waals surface area contributed by atoms with Crippen molar-refractivity contribution in [2.75, 3.05) is 11.1 Å². The molecule has 0 saturated carbocycles. The second-order valence-corrected chi connectivity index (χ2v) is 4.60. The molecule has 2 aromatic rings. The number of nitrogens with one attached hydrogen (secondary N) is 1. The summed E-state index contributed by atoms with van der Waals surface area (Å²) in [6.07, 6.45) is 0. The third-order valence-corrected chi connectivity index (χ3v) is 2.96. The number of rotatable bonds is 3. The first-order valence-electron chi connectivity index (χ1n) is 5.60. The fraction of sp³-hybridized carbons (Fsp3) is 0.143. The van der Waals surface area contributed by atoms with Gasteiger partial charge in [-0.05, 0) is 42.3 Å². The minimum atomic E-state index is -0.407. The molecule has 0 aliphatic carbocycles. The van der Waals surface area contributed by atoms with Gasteiger partial charge in [-0.15, -0.1) is 0 Å². The molecule has 0 aliphatic heterocycles. The van der Waals surface area contributed by atoms with E-state index in [0.717, 1.165) is 16.8 Å². The van der Waals surface area contributed by atoms with Gasteiger partial charge in [-0.2, -0.15) is 0 Å². The van der Waals surface area contributed by atoms with Crippen LogP contribution in [0.15, 0.2) is 36.4 Å². The number of aryl methyl sites for hydroxylation is 1. The van der Waals surface area contributed by atoms with Crippen LogP contribution in [0.1, 0.15) is 11.1 Å². The molecule has 94 valence electrons. The van der Waals surface area contributed by atoms with Crippen LogP contribution in [-0.4, -0.2) is 0 Å². The molecule has 0 fully saturated rings. The molecule has 2 nitrogen and oxygen atoms in total. The van der Waals surface area contributed by atoms with Crippen molar-refractivity contribution in [2.24, 2.45) is 0 Å². The second-order valence-electron chi connectivity index (χ2n) is 4.19. The molecular weight excluding hydrogens is 251 g/mol. The minimum absolute atomic E-state index is 0.131. The van der Waals surface area contributed by atoms with Crippen molar-refractivity contribution in [3.05, 3.63) is 58.4 Å². The Kier molecular flexibility index (Phi) is 3.72. The van der Waals surface area contributed by atoms with Gasteiger partial charge >= 0.3 is 0 Å². The highest BCUT2D eigenvalue weighted by Crippen LogP contribution is 2.21. The Balaban J connectivity index is 2.09. The van der Waals surface area contributed by atoms with E-state index < -0.39 is 5.82 Å². The quantitative estimate of drug-likeness (QED) is 0.823. The molecule has 0 spiro atoms. The van der Waals surface area contributed by atoms with Crippen molar-refractivity contribution in [3.63, 3.8) is 0 Å². The average molecular weight is 265 g/mol. The molecule has 3 N–H and O–H groups in total. The van der Waals surface area contributed by atoms with Gasteiger partial charge < -0.3 is 11.1 Å². The van der Waals surface area contributed by atoms with Gasteiger partial charge in [0, 0.05) is 6.54 Å². The summed E-state index contributed by atoms with van der Waals surface area (Å²) >= 11 is 5.72. The first-order valence-corrected chi connectivity index (χ1v) is 5.98. The molecule has 0 atom stereocenters. The number of anilines is 2. The van der Waals surface area contributed by atoms with Gasteiger partial charge in [-0.3, -0.25) is 0 Å². The monoisotopic (exact) mass is 264 g/mol. The predicted molar refractivity (Wildman–Crippen MR) is 74.3 cm³/mol. The standard InChI is InChI=1S/C14H14ClFN2/c1-9-2-5-14(13(17)6-9)18-8-10-3-4-12(16)11(15)7-10/h2-7,18H,8,17H2,1H3. The minimum Gasteiger partial charge on any atom is -0.397 e. The Labute approximate surface area is 111 Å². The Morgan fingerprint density at radius 2 is 2.00 bits per heavy atom. The van der Waals surface area contributed by atoms with Crippen LogP contribution in [0.5, 0.6) is 0 Å². The molecule has 0 heterocycles. The SMILES string of the molecule is Cc1ccc(NCc2ccc(F)c(Cl)c2)c(N)c1. The molecule has 2 aromatic carbocycles. The van der Waals surface area contributed by atoms with E-state index >= 15 is 0 Å². The van der Waals surface area contributed by atoms with Crippen LogP contribution >= 0.6 is 11.6 Å². The van der Waals surface area contributed by atoms with E-state index in [1.165, 1.54) is 6.07 Å². The van der Waals surface area contributed by atoms with E-state index in [-0.39, 0.29) is 5.02 Å². The summed E-state index contributed by atoms with van der Waals surface area (Å²) in [5.74, 6) is -0.407. The number of nitrogen functional groups attached to an aromatic ring is 1. The van der Waals surface area contributed by atoms with Crippen molar-refractivity contribution >= 4 is 23.0 Å². The summed E-state index contributed by atoms with van der Waals surface area (Å²) in [6.45, 7) is 2.53. The lowest BCUT2D eigenvalue weighted by atomic mass is 10.1. The van der Waals surface area contributed by atoms with Crippen LogP contribution in [0.4, 0.5) is 15.8 Å². The van der Waals surface area contributed by atoms with Gasteiger partial charge in [0.25, 0.3) is 0 Å². The molecule has 0 aliphatic rings. The lowest BCUT2D eigenvalue weighted by Gasteiger charge is -2.10. The van der Waals surface area contributed by atoms with E-state index in [1.54, 1.807) is 12.1 Å². The van der Waals surface area contributed by atoms with Crippen molar-refractivity contribution in [1.82, 2.24) is 0 Å². The van der Waals surface area contributed by atoms with E-state index in [9.17, 15) is 4.39 Å². The fourth-order valence-electron chi connectivity index (χ4n) is 1.69. The van der Waals surface area contributed by atoms with E-state index in [2.05, 4.69) is 5.32 Å². The fourth-order valence-corrected chi connectivity index (χ4v) is 1.89. The average Bonchev–Trinajstić information content (AvgIpc) is 2.32. The predicted octanol–water partition coefficient (Wildman–Crippen LogP) is 3.98. The molecule has 2 rings (SSSR count). The van der Waals surface area contributed by atoms with Crippen molar-refractivity contribution in [2.45, 2.75) is 13.5 Å². The van der Waals surface area contributed by atoms with Gasteiger partial charge in [0.2, 0.25) is 0 Å². The van der Waals surface area contributed by atoms with E-state index in [1.807, 2.05) is 25.1 Å². The zero-order chi connectivity index (χ0) is 13.1. The largest absolute Gasteiger partial charge is 0.397 e. The molecule has 0 unspecified atom stereocenters. The first kappa shape index (κ1) is 12.7. The zero-order valence-corrected chi connectivity index (χ0v) is 10.8. The Hall–Kier alpha value is -1.74. The maximum Gasteiger partial charge on any atom is 0.141 e. The zero-order valence-electron chi connectivity index (χ0n) is 10.0. The molecule has 18 heavy (non-hydrogen) atoms. The molecular formula is C14H14ClFN2. The van der Waals surface area contributed by atoms with Gasteiger partial charge in [-0.25, -0.2) is 4.39 Å². The second kappa shape index (κ2) is 5.27.